The number of sulfonamides is 1. The molecule has 2 aromatic rings. The lowest BCUT2D eigenvalue weighted by Gasteiger charge is -2.06. The average Bonchev–Trinajstić information content (AvgIpc) is 2.92. The Morgan fingerprint density at radius 3 is 2.56 bits per heavy atom. The molecule has 0 atom stereocenters. The predicted molar refractivity (Wildman–Crippen MR) is 100 cm³/mol. The number of hydrogen-bond donors (Lipinski definition) is 1. The van der Waals surface area contributed by atoms with Gasteiger partial charge < -0.3 is 9.47 Å². The third-order valence-corrected chi connectivity index (χ3v) is 5.31. The summed E-state index contributed by atoms with van der Waals surface area (Å²) in [6.07, 6.45) is 0. The summed E-state index contributed by atoms with van der Waals surface area (Å²) in [6.45, 7) is 2.90. The molecule has 0 amide bonds. The fourth-order valence-corrected chi connectivity index (χ4v) is 3.79. The van der Waals surface area contributed by atoms with Crippen molar-refractivity contribution in [2.24, 2.45) is 4.99 Å². The van der Waals surface area contributed by atoms with Gasteiger partial charge in [-0.1, -0.05) is 29.8 Å². The summed E-state index contributed by atoms with van der Waals surface area (Å²) >= 11 is 0. The van der Waals surface area contributed by atoms with Crippen LogP contribution in [0.25, 0.3) is 0 Å². The molecule has 2 aromatic carbocycles. The maximum atomic E-state index is 12.0. The molecule has 7 nitrogen and oxygen atoms in total. The number of nitrogens with zero attached hydrogens (tertiary/aromatic N) is 1. The molecule has 0 aromatic heterocycles. The molecule has 1 aliphatic heterocycles. The third kappa shape index (κ3) is 4.72. The second-order valence-corrected chi connectivity index (χ2v) is 7.60. The first-order valence-corrected chi connectivity index (χ1v) is 9.94. The fraction of sp³-hybridized carbons (Fsp3) is 0.263. The van der Waals surface area contributed by atoms with Crippen LogP contribution >= 0.6 is 0 Å². The van der Waals surface area contributed by atoms with E-state index in [-0.39, 0.29) is 31.3 Å². The first-order valence-electron chi connectivity index (χ1n) is 8.45. The molecule has 0 fully saturated rings. The van der Waals surface area contributed by atoms with Crippen LogP contribution < -0.4 is 4.72 Å². The zero-order valence-corrected chi connectivity index (χ0v) is 15.7. The fourth-order valence-electron chi connectivity index (χ4n) is 2.54. The number of carbonyl (C=O) groups excluding carboxylic acids is 1. The second kappa shape index (κ2) is 8.32. The van der Waals surface area contributed by atoms with Crippen molar-refractivity contribution in [3.63, 3.8) is 0 Å². The predicted octanol–water partition coefficient (Wildman–Crippen LogP) is 1.91. The Morgan fingerprint density at radius 1 is 1.04 bits per heavy atom. The average molecular weight is 388 g/mol. The van der Waals surface area contributed by atoms with Crippen LogP contribution in [0.4, 0.5) is 0 Å². The first kappa shape index (κ1) is 19.1. The minimum Gasteiger partial charge on any atom is -0.460 e. The van der Waals surface area contributed by atoms with Crippen molar-refractivity contribution >= 4 is 21.8 Å². The lowest BCUT2D eigenvalue weighted by Crippen LogP contribution is -2.22. The van der Waals surface area contributed by atoms with Crippen molar-refractivity contribution in [3.05, 3.63) is 65.2 Å². The van der Waals surface area contributed by atoms with Crippen LogP contribution in [-0.2, 0) is 19.5 Å². The van der Waals surface area contributed by atoms with Crippen molar-refractivity contribution < 1.29 is 22.7 Å². The molecule has 1 aliphatic rings. The molecule has 0 unspecified atom stereocenters. The number of aryl methyl sites for hydroxylation is 1. The van der Waals surface area contributed by atoms with E-state index < -0.39 is 16.0 Å². The Balaban J connectivity index is 1.39. The van der Waals surface area contributed by atoms with E-state index >= 15 is 0 Å². The zero-order chi connectivity index (χ0) is 19.3. The van der Waals surface area contributed by atoms with Gasteiger partial charge in [0.2, 0.25) is 0 Å². The smallest absolute Gasteiger partial charge is 0.338 e. The van der Waals surface area contributed by atoms with Crippen LogP contribution in [0.5, 0.6) is 0 Å². The summed E-state index contributed by atoms with van der Waals surface area (Å²) in [6, 6.07) is 13.8. The summed E-state index contributed by atoms with van der Waals surface area (Å²) in [5.74, 6) is -0.0733. The molecule has 1 N–H and O–H groups in total. The second-order valence-electron chi connectivity index (χ2n) is 5.95. The van der Waals surface area contributed by atoms with E-state index in [9.17, 15) is 13.2 Å². The minimum absolute atomic E-state index is 0.138. The van der Waals surface area contributed by atoms with Gasteiger partial charge in [-0.15, -0.1) is 0 Å². The van der Waals surface area contributed by atoms with Crippen LogP contribution in [0.15, 0.2) is 58.4 Å². The van der Waals surface area contributed by atoms with Gasteiger partial charge in [0.1, 0.15) is 12.4 Å². The summed E-state index contributed by atoms with van der Waals surface area (Å²) in [5.41, 5.74) is 2.13. The van der Waals surface area contributed by atoms with E-state index in [0.717, 1.165) is 5.56 Å². The van der Waals surface area contributed by atoms with Crippen molar-refractivity contribution in [1.29, 1.82) is 0 Å². The maximum Gasteiger partial charge on any atom is 0.338 e. The molecular formula is C19H20N2O5S. The molecule has 142 valence electrons. The minimum atomic E-state index is -3.52. The molecule has 0 saturated heterocycles. The Hall–Kier alpha value is -2.71. The number of aliphatic imine (C=N–C) groups is 1. The third-order valence-electron chi connectivity index (χ3n) is 3.92. The van der Waals surface area contributed by atoms with E-state index in [0.29, 0.717) is 17.0 Å². The molecule has 0 bridgehead atoms. The summed E-state index contributed by atoms with van der Waals surface area (Å²) in [5, 5.41) is 0. The van der Waals surface area contributed by atoms with Crippen LogP contribution in [0.2, 0.25) is 0 Å². The Labute approximate surface area is 158 Å². The highest BCUT2D eigenvalue weighted by atomic mass is 32.2. The molecule has 0 spiro atoms. The van der Waals surface area contributed by atoms with Crippen molar-refractivity contribution in [2.75, 3.05) is 26.4 Å². The van der Waals surface area contributed by atoms with E-state index in [4.69, 9.17) is 9.47 Å². The molecule has 27 heavy (non-hydrogen) atoms. The van der Waals surface area contributed by atoms with Crippen LogP contribution in [0.1, 0.15) is 21.5 Å². The molecule has 8 heteroatoms. The van der Waals surface area contributed by atoms with Crippen molar-refractivity contribution in [2.45, 2.75) is 11.8 Å². The van der Waals surface area contributed by atoms with Crippen LogP contribution in [0, 0.1) is 6.92 Å². The van der Waals surface area contributed by atoms with Gasteiger partial charge in [-0.25, -0.2) is 13.2 Å². The van der Waals surface area contributed by atoms with Gasteiger partial charge in [-0.2, -0.15) is 0 Å². The van der Waals surface area contributed by atoms with Gasteiger partial charge in [0.25, 0.3) is 10.0 Å². The summed E-state index contributed by atoms with van der Waals surface area (Å²) in [4.78, 5) is 16.3. The lowest BCUT2D eigenvalue weighted by atomic mass is 10.1. The van der Waals surface area contributed by atoms with Gasteiger partial charge >= 0.3 is 5.97 Å². The van der Waals surface area contributed by atoms with Gasteiger partial charge in [0.05, 0.1) is 30.2 Å². The number of amidine groups is 1. The number of fused-ring (bicyclic) bond motifs is 1. The Bertz CT molecular complexity index is 952. The monoisotopic (exact) mass is 388 g/mol. The first-order chi connectivity index (χ1) is 13.0. The van der Waals surface area contributed by atoms with Crippen molar-refractivity contribution in [3.8, 4) is 0 Å². The van der Waals surface area contributed by atoms with E-state index in [1.54, 1.807) is 36.4 Å². The van der Waals surface area contributed by atoms with Gasteiger partial charge in [-0.05, 0) is 31.2 Å². The topological polar surface area (TPSA) is 94.1 Å². The number of ether oxygens (including phenoxy) is 2. The highest BCUT2D eigenvalue weighted by Gasteiger charge is 2.29. The summed E-state index contributed by atoms with van der Waals surface area (Å²) in [7, 11) is -3.52. The Kier molecular flexibility index (Phi) is 5.88. The molecule has 0 radical (unpaired) electrons. The molecular weight excluding hydrogens is 368 g/mol. The molecule has 0 aliphatic carbocycles. The van der Waals surface area contributed by atoms with Gasteiger partial charge in [0, 0.05) is 5.56 Å². The Morgan fingerprint density at radius 2 is 1.78 bits per heavy atom. The van der Waals surface area contributed by atoms with Crippen LogP contribution in [0.3, 0.4) is 0 Å². The van der Waals surface area contributed by atoms with E-state index in [1.165, 1.54) is 0 Å². The van der Waals surface area contributed by atoms with Gasteiger partial charge in [0.15, 0.2) is 0 Å². The SMILES string of the molecule is Cc1ccc(C(=O)OCCOCCN=C2NS(=O)(=O)c3ccccc32)cc1. The number of nitrogens with one attached hydrogen (secondary N) is 1. The highest BCUT2D eigenvalue weighted by molar-refractivity contribution is 7.90. The quantitative estimate of drug-likeness (QED) is 0.578. The summed E-state index contributed by atoms with van der Waals surface area (Å²) < 4.78 is 36.9. The largest absolute Gasteiger partial charge is 0.460 e. The van der Waals surface area contributed by atoms with Crippen molar-refractivity contribution in [1.82, 2.24) is 4.72 Å². The number of benzene rings is 2. The highest BCUT2D eigenvalue weighted by Crippen LogP contribution is 2.21. The maximum absolute atomic E-state index is 12.0. The number of hydrogen-bond acceptors (Lipinski definition) is 6. The molecule has 0 saturated carbocycles. The van der Waals surface area contributed by atoms with Gasteiger partial charge in [-0.3, -0.25) is 9.71 Å². The van der Waals surface area contributed by atoms with Crippen LogP contribution in [-0.4, -0.2) is 46.6 Å². The number of rotatable bonds is 7. The lowest BCUT2D eigenvalue weighted by molar-refractivity contribution is 0.0329. The molecule has 1 heterocycles. The number of carbonyl (C=O) groups is 1. The van der Waals surface area contributed by atoms with E-state index in [2.05, 4.69) is 9.71 Å². The zero-order valence-electron chi connectivity index (χ0n) is 14.8. The van der Waals surface area contributed by atoms with E-state index in [1.807, 2.05) is 19.1 Å². The number of esters is 1. The normalized spacial score (nSPS) is 16.0. The molecule has 3 rings (SSSR count). The standard InChI is InChI=1S/C19H20N2O5S/c1-14-6-8-15(9-7-14)19(22)26-13-12-25-11-10-20-18-16-4-2-3-5-17(16)27(23,24)21-18/h2-9H,10-13H2,1H3,(H,20,21).